The van der Waals surface area contributed by atoms with Gasteiger partial charge in [-0.15, -0.1) is 0 Å². The monoisotopic (exact) mass is 322 g/mol. The minimum Gasteiger partial charge on any atom is -0.289 e. The zero-order valence-corrected chi connectivity index (χ0v) is 12.7. The minimum atomic E-state index is -0.0543. The maximum absolute atomic E-state index is 12.1. The van der Waals surface area contributed by atoms with E-state index in [1.54, 1.807) is 29.2 Å². The van der Waals surface area contributed by atoms with Crippen molar-refractivity contribution in [2.75, 3.05) is 0 Å². The van der Waals surface area contributed by atoms with Crippen LogP contribution in [0, 0.1) is 6.92 Å². The second kappa shape index (κ2) is 5.52. The molecule has 0 amide bonds. The summed E-state index contributed by atoms with van der Waals surface area (Å²) >= 11 is 3.42. The fourth-order valence-electron chi connectivity index (χ4n) is 1.77. The van der Waals surface area contributed by atoms with E-state index < -0.39 is 0 Å². The van der Waals surface area contributed by atoms with Crippen molar-refractivity contribution in [1.82, 2.24) is 19.6 Å². The van der Waals surface area contributed by atoms with E-state index in [1.807, 2.05) is 25.6 Å². The van der Waals surface area contributed by atoms with Gasteiger partial charge in [0, 0.05) is 19.3 Å². The number of rotatable bonds is 4. The van der Waals surface area contributed by atoms with Gasteiger partial charge in [0.1, 0.15) is 0 Å². The molecule has 0 N–H and O–H groups in total. The van der Waals surface area contributed by atoms with E-state index in [0.717, 1.165) is 22.4 Å². The quantitative estimate of drug-likeness (QED) is 0.642. The van der Waals surface area contributed by atoms with Crippen LogP contribution < -0.4 is 0 Å². The van der Waals surface area contributed by atoms with Gasteiger partial charge in [-0.3, -0.25) is 14.2 Å². The molecule has 0 saturated heterocycles. The predicted octanol–water partition coefficient (Wildman–Crippen LogP) is 2.60. The van der Waals surface area contributed by atoms with E-state index in [0.29, 0.717) is 5.56 Å². The van der Waals surface area contributed by atoms with Crippen molar-refractivity contribution in [1.29, 1.82) is 0 Å². The summed E-state index contributed by atoms with van der Waals surface area (Å²) in [5, 5.41) is 8.27. The number of carbonyl (C=O) groups excluding carboxylic acids is 1. The molecule has 0 radical (unpaired) electrons. The van der Waals surface area contributed by atoms with Crippen LogP contribution >= 0.6 is 15.9 Å². The molecular weight excluding hydrogens is 308 g/mol. The first kappa shape index (κ1) is 13.7. The van der Waals surface area contributed by atoms with E-state index in [4.69, 9.17) is 0 Å². The molecule has 0 spiro atoms. The second-order valence-corrected chi connectivity index (χ2v) is 5.01. The molecule has 0 aliphatic carbocycles. The second-order valence-electron chi connectivity index (χ2n) is 4.16. The molecule has 2 aromatic heterocycles. The third-order valence-electron chi connectivity index (χ3n) is 3.03. The lowest BCUT2D eigenvalue weighted by atomic mass is 10.1. The van der Waals surface area contributed by atoms with Crippen LogP contribution in [0.15, 0.2) is 22.9 Å². The Balaban J connectivity index is 2.25. The highest BCUT2D eigenvalue weighted by Crippen LogP contribution is 2.18. The highest BCUT2D eigenvalue weighted by molar-refractivity contribution is 9.10. The Morgan fingerprint density at radius 3 is 2.74 bits per heavy atom. The zero-order chi connectivity index (χ0) is 14.0. The summed E-state index contributed by atoms with van der Waals surface area (Å²) in [7, 11) is 1.82. The van der Waals surface area contributed by atoms with Crippen molar-refractivity contribution in [3.05, 3.63) is 39.9 Å². The molecule has 19 heavy (non-hydrogen) atoms. The van der Waals surface area contributed by atoms with Crippen LogP contribution in [0.3, 0.4) is 0 Å². The molecule has 2 heterocycles. The fraction of sp³-hybridized carbons (Fsp3) is 0.308. The van der Waals surface area contributed by atoms with E-state index in [9.17, 15) is 4.79 Å². The lowest BCUT2D eigenvalue weighted by molar-refractivity contribution is 0.104. The summed E-state index contributed by atoms with van der Waals surface area (Å²) in [5.74, 6) is -0.0543. The first-order valence-electron chi connectivity index (χ1n) is 5.97. The largest absolute Gasteiger partial charge is 0.289 e. The summed E-state index contributed by atoms with van der Waals surface area (Å²) in [6.45, 7) is 4.63. The summed E-state index contributed by atoms with van der Waals surface area (Å²) in [4.78, 5) is 12.1. The first-order chi connectivity index (χ1) is 9.04. The van der Waals surface area contributed by atoms with E-state index in [1.165, 1.54) is 0 Å². The van der Waals surface area contributed by atoms with Crippen molar-refractivity contribution in [3.63, 3.8) is 0 Å². The van der Waals surface area contributed by atoms with Crippen LogP contribution in [-0.4, -0.2) is 25.3 Å². The molecule has 0 aromatic carbocycles. The number of hydrogen-bond acceptors (Lipinski definition) is 3. The van der Waals surface area contributed by atoms with Crippen molar-refractivity contribution < 1.29 is 4.79 Å². The highest BCUT2D eigenvalue weighted by Gasteiger charge is 2.11. The smallest absolute Gasteiger partial charge is 0.189 e. The van der Waals surface area contributed by atoms with Crippen LogP contribution in [0.25, 0.3) is 6.08 Å². The molecule has 2 rings (SSSR count). The molecule has 0 fully saturated rings. The number of ketones is 1. The van der Waals surface area contributed by atoms with Gasteiger partial charge in [-0.25, -0.2) is 0 Å². The van der Waals surface area contributed by atoms with Crippen LogP contribution in [0.4, 0.5) is 0 Å². The summed E-state index contributed by atoms with van der Waals surface area (Å²) < 4.78 is 4.39. The normalized spacial score (nSPS) is 11.4. The van der Waals surface area contributed by atoms with Crippen LogP contribution in [0.5, 0.6) is 0 Å². The SMILES string of the molecule is CCn1ncc(Br)c1/C=C/C(=O)c1cnn(C)c1C. The lowest BCUT2D eigenvalue weighted by Gasteiger charge is -2.00. The minimum absolute atomic E-state index is 0.0543. The Kier molecular flexibility index (Phi) is 3.99. The van der Waals surface area contributed by atoms with Gasteiger partial charge in [0.05, 0.1) is 28.1 Å². The number of carbonyl (C=O) groups is 1. The third kappa shape index (κ3) is 2.68. The fourth-order valence-corrected chi connectivity index (χ4v) is 2.20. The van der Waals surface area contributed by atoms with E-state index in [2.05, 4.69) is 26.1 Å². The molecule has 0 unspecified atom stereocenters. The molecule has 5 nitrogen and oxygen atoms in total. The average molecular weight is 323 g/mol. The van der Waals surface area contributed by atoms with Crippen LogP contribution in [-0.2, 0) is 13.6 Å². The topological polar surface area (TPSA) is 52.7 Å². The van der Waals surface area contributed by atoms with Gasteiger partial charge in [-0.05, 0) is 41.9 Å². The van der Waals surface area contributed by atoms with Crippen molar-refractivity contribution in [3.8, 4) is 0 Å². The molecule has 6 heteroatoms. The summed E-state index contributed by atoms with van der Waals surface area (Å²) in [6, 6.07) is 0. The van der Waals surface area contributed by atoms with Crippen molar-refractivity contribution >= 4 is 27.8 Å². The van der Waals surface area contributed by atoms with Gasteiger partial charge in [0.15, 0.2) is 5.78 Å². The summed E-state index contributed by atoms with van der Waals surface area (Å²) in [5.41, 5.74) is 2.37. The van der Waals surface area contributed by atoms with Gasteiger partial charge in [-0.1, -0.05) is 0 Å². The van der Waals surface area contributed by atoms with Gasteiger partial charge >= 0.3 is 0 Å². The lowest BCUT2D eigenvalue weighted by Crippen LogP contribution is -2.01. The van der Waals surface area contributed by atoms with Gasteiger partial charge in [-0.2, -0.15) is 10.2 Å². The Labute approximate surface area is 120 Å². The van der Waals surface area contributed by atoms with Gasteiger partial charge in [0.2, 0.25) is 0 Å². The van der Waals surface area contributed by atoms with Crippen molar-refractivity contribution in [2.24, 2.45) is 7.05 Å². The maximum atomic E-state index is 12.1. The maximum Gasteiger partial charge on any atom is 0.189 e. The first-order valence-corrected chi connectivity index (χ1v) is 6.76. The summed E-state index contributed by atoms with van der Waals surface area (Å²) in [6.07, 6.45) is 6.64. The Morgan fingerprint density at radius 2 is 2.16 bits per heavy atom. The molecule has 2 aromatic rings. The van der Waals surface area contributed by atoms with Crippen LogP contribution in [0.2, 0.25) is 0 Å². The molecule has 0 aliphatic heterocycles. The average Bonchev–Trinajstić information content (AvgIpc) is 2.91. The molecule has 0 aliphatic rings. The highest BCUT2D eigenvalue weighted by atomic mass is 79.9. The van der Waals surface area contributed by atoms with E-state index >= 15 is 0 Å². The number of aromatic nitrogens is 4. The molecule has 100 valence electrons. The number of hydrogen-bond donors (Lipinski definition) is 0. The Bertz CT molecular complexity index is 639. The van der Waals surface area contributed by atoms with Crippen molar-refractivity contribution in [2.45, 2.75) is 20.4 Å². The Hall–Kier alpha value is -1.69. The molecular formula is C13H15BrN4O. The number of halogens is 1. The van der Waals surface area contributed by atoms with Gasteiger partial charge < -0.3 is 0 Å². The third-order valence-corrected chi connectivity index (χ3v) is 3.64. The standard InChI is InChI=1S/C13H15BrN4O/c1-4-18-12(11(14)8-16-18)5-6-13(19)10-7-15-17(3)9(10)2/h5-8H,4H2,1-3H3/b6-5+. The molecule has 0 saturated carbocycles. The number of allylic oxidation sites excluding steroid dienone is 1. The van der Waals surface area contributed by atoms with E-state index in [-0.39, 0.29) is 5.78 Å². The number of aryl methyl sites for hydroxylation is 2. The molecule has 0 bridgehead atoms. The predicted molar refractivity (Wildman–Crippen MR) is 76.9 cm³/mol. The van der Waals surface area contributed by atoms with Gasteiger partial charge in [0.25, 0.3) is 0 Å². The Morgan fingerprint density at radius 1 is 1.42 bits per heavy atom. The van der Waals surface area contributed by atoms with Crippen LogP contribution in [0.1, 0.15) is 28.7 Å². The number of nitrogens with zero attached hydrogens (tertiary/aromatic N) is 4. The molecule has 0 atom stereocenters. The zero-order valence-electron chi connectivity index (χ0n) is 11.1.